The van der Waals surface area contributed by atoms with Gasteiger partial charge >= 0.3 is 0 Å². The van der Waals surface area contributed by atoms with Crippen LogP contribution in [0.4, 0.5) is 11.4 Å². The predicted octanol–water partition coefficient (Wildman–Crippen LogP) is 3.85. The van der Waals surface area contributed by atoms with E-state index in [1.807, 2.05) is 44.2 Å². The topological polar surface area (TPSA) is 66.9 Å². The minimum Gasteiger partial charge on any atom is -0.476 e. The Hall–Kier alpha value is -3.32. The lowest BCUT2D eigenvalue weighted by atomic mass is 10.1. The van der Waals surface area contributed by atoms with Crippen molar-refractivity contribution in [2.75, 3.05) is 22.3 Å². The first-order chi connectivity index (χ1) is 15.3. The van der Waals surface area contributed by atoms with Crippen LogP contribution in [0.15, 0.2) is 71.6 Å². The third-order valence-electron chi connectivity index (χ3n) is 6.02. The van der Waals surface area contributed by atoms with Crippen molar-refractivity contribution in [3.8, 4) is 5.75 Å². The molecule has 0 fully saturated rings. The molecule has 0 bridgehead atoms. The van der Waals surface area contributed by atoms with E-state index < -0.39 is 16.1 Å². The zero-order valence-corrected chi connectivity index (χ0v) is 18.8. The molecule has 0 aromatic heterocycles. The van der Waals surface area contributed by atoms with Crippen molar-refractivity contribution in [3.05, 3.63) is 83.4 Å². The summed E-state index contributed by atoms with van der Waals surface area (Å²) in [4.78, 5) is 15.4. The second-order valence-electron chi connectivity index (χ2n) is 8.30. The van der Waals surface area contributed by atoms with Gasteiger partial charge in [0.05, 0.1) is 17.1 Å². The van der Waals surface area contributed by atoms with E-state index in [1.54, 1.807) is 41.3 Å². The number of ether oxygens (including phenoxy) is 1. The number of carbonyl (C=O) groups excluding carboxylic acids is 1. The van der Waals surface area contributed by atoms with Gasteiger partial charge in [-0.1, -0.05) is 42.0 Å². The number of hydrogen-bond acceptors (Lipinski definition) is 4. The van der Waals surface area contributed by atoms with Crippen molar-refractivity contribution < 1.29 is 17.9 Å². The smallest absolute Gasteiger partial charge is 0.269 e. The molecule has 0 spiro atoms. The molecule has 164 valence electrons. The minimum absolute atomic E-state index is 0.0792. The Bertz CT molecular complexity index is 1300. The molecule has 2 aliphatic heterocycles. The fourth-order valence-electron chi connectivity index (χ4n) is 4.30. The van der Waals surface area contributed by atoms with Crippen LogP contribution in [0.5, 0.6) is 5.75 Å². The predicted molar refractivity (Wildman–Crippen MR) is 124 cm³/mol. The number of sulfonamides is 1. The van der Waals surface area contributed by atoms with Crippen LogP contribution < -0.4 is 13.9 Å². The third-order valence-corrected chi connectivity index (χ3v) is 7.82. The maximum atomic E-state index is 13.6. The van der Waals surface area contributed by atoms with E-state index in [1.165, 1.54) is 4.31 Å². The van der Waals surface area contributed by atoms with Crippen LogP contribution >= 0.6 is 0 Å². The number of amides is 1. The van der Waals surface area contributed by atoms with Gasteiger partial charge in [-0.15, -0.1) is 0 Å². The maximum Gasteiger partial charge on any atom is 0.269 e. The highest BCUT2D eigenvalue weighted by Crippen LogP contribution is 2.39. The lowest BCUT2D eigenvalue weighted by Crippen LogP contribution is -2.51. The number of rotatable bonds is 3. The van der Waals surface area contributed by atoms with Crippen LogP contribution in [0, 0.1) is 13.8 Å². The summed E-state index contributed by atoms with van der Waals surface area (Å²) in [7, 11) is -3.88. The molecule has 2 aliphatic rings. The molecule has 1 amide bonds. The van der Waals surface area contributed by atoms with Crippen molar-refractivity contribution in [2.24, 2.45) is 0 Å². The van der Waals surface area contributed by atoms with Gasteiger partial charge in [-0.3, -0.25) is 9.10 Å². The van der Waals surface area contributed by atoms with E-state index in [2.05, 4.69) is 0 Å². The number of nitrogens with zero attached hydrogens (tertiary/aromatic N) is 2. The van der Waals surface area contributed by atoms with Gasteiger partial charge in [-0.25, -0.2) is 8.42 Å². The Morgan fingerprint density at radius 2 is 1.66 bits per heavy atom. The molecule has 3 aromatic carbocycles. The molecule has 0 N–H and O–H groups in total. The zero-order valence-electron chi connectivity index (χ0n) is 18.0. The van der Waals surface area contributed by atoms with Crippen LogP contribution in [-0.2, 0) is 21.2 Å². The average Bonchev–Trinajstić information content (AvgIpc) is 3.22. The maximum absolute atomic E-state index is 13.6. The van der Waals surface area contributed by atoms with Crippen LogP contribution in [-0.4, -0.2) is 33.5 Å². The molecule has 6 nitrogen and oxygen atoms in total. The normalized spacial score (nSPS) is 17.5. The van der Waals surface area contributed by atoms with Crippen LogP contribution in [0.1, 0.15) is 16.7 Å². The van der Waals surface area contributed by atoms with Crippen molar-refractivity contribution in [2.45, 2.75) is 31.3 Å². The number of aryl methyl sites for hydroxylation is 2. The van der Waals surface area contributed by atoms with E-state index in [-0.39, 0.29) is 17.3 Å². The van der Waals surface area contributed by atoms with E-state index in [0.29, 0.717) is 18.0 Å². The van der Waals surface area contributed by atoms with Crippen molar-refractivity contribution in [1.29, 1.82) is 0 Å². The summed E-state index contributed by atoms with van der Waals surface area (Å²) in [6.07, 6.45) is -0.160. The summed E-state index contributed by atoms with van der Waals surface area (Å²) in [5.74, 6) is 0.161. The summed E-state index contributed by atoms with van der Waals surface area (Å²) in [5, 5.41) is 0. The van der Waals surface area contributed by atoms with Gasteiger partial charge in [-0.2, -0.15) is 0 Å². The monoisotopic (exact) mass is 448 g/mol. The third kappa shape index (κ3) is 3.42. The molecular formula is C25H24N2O4S. The lowest BCUT2D eigenvalue weighted by Gasteiger charge is -2.36. The van der Waals surface area contributed by atoms with Crippen molar-refractivity contribution in [3.63, 3.8) is 0 Å². The van der Waals surface area contributed by atoms with Gasteiger partial charge in [-0.05, 0) is 61.7 Å². The molecule has 2 heterocycles. The average molecular weight is 449 g/mol. The Labute approximate surface area is 188 Å². The Kier molecular flexibility index (Phi) is 4.93. The summed E-state index contributed by atoms with van der Waals surface area (Å²) in [6.45, 7) is 4.29. The van der Waals surface area contributed by atoms with E-state index >= 15 is 0 Å². The van der Waals surface area contributed by atoms with Gasteiger partial charge in [0.1, 0.15) is 5.75 Å². The fourth-order valence-corrected chi connectivity index (χ4v) is 5.76. The standard InChI is InChI=1S/C25H24N2O4S/c1-17-7-10-20(11-8-17)32(29,30)27-16-24(31-23-12-9-18(2)15-22(23)27)25(28)26-14-13-19-5-3-4-6-21(19)26/h3-12,15,24H,13-14,16H2,1-2H3/t24-/m1/s1. The minimum atomic E-state index is -3.88. The largest absolute Gasteiger partial charge is 0.476 e. The number of para-hydroxylation sites is 1. The number of hydrogen-bond donors (Lipinski definition) is 0. The Morgan fingerprint density at radius 1 is 0.938 bits per heavy atom. The van der Waals surface area contributed by atoms with E-state index in [0.717, 1.165) is 28.8 Å². The number of benzene rings is 3. The first-order valence-electron chi connectivity index (χ1n) is 10.6. The summed E-state index contributed by atoms with van der Waals surface area (Å²) >= 11 is 0. The lowest BCUT2D eigenvalue weighted by molar-refractivity contribution is -0.125. The Balaban J connectivity index is 1.54. The van der Waals surface area contributed by atoms with Gasteiger partial charge in [0.15, 0.2) is 6.10 Å². The highest BCUT2D eigenvalue weighted by Gasteiger charge is 2.40. The van der Waals surface area contributed by atoms with E-state index in [9.17, 15) is 13.2 Å². The molecule has 1 atom stereocenters. The van der Waals surface area contributed by atoms with Gasteiger partial charge < -0.3 is 9.64 Å². The summed E-state index contributed by atoms with van der Waals surface area (Å²) in [5.41, 5.74) is 4.31. The highest BCUT2D eigenvalue weighted by molar-refractivity contribution is 7.92. The zero-order chi connectivity index (χ0) is 22.5. The summed E-state index contributed by atoms with van der Waals surface area (Å²) < 4.78 is 34.6. The molecule has 0 saturated carbocycles. The molecule has 0 aliphatic carbocycles. The van der Waals surface area contributed by atoms with Crippen molar-refractivity contribution in [1.82, 2.24) is 0 Å². The first kappa shape index (κ1) is 20.6. The van der Waals surface area contributed by atoms with E-state index in [4.69, 9.17) is 4.74 Å². The van der Waals surface area contributed by atoms with Crippen LogP contribution in [0.2, 0.25) is 0 Å². The second-order valence-corrected chi connectivity index (χ2v) is 10.2. The SMILES string of the molecule is Cc1ccc(S(=O)(=O)N2C[C@H](C(=O)N3CCc4ccccc43)Oc3ccc(C)cc32)cc1. The second kappa shape index (κ2) is 7.67. The number of fused-ring (bicyclic) bond motifs is 2. The van der Waals surface area contributed by atoms with Crippen LogP contribution in [0.25, 0.3) is 0 Å². The molecule has 7 heteroatoms. The first-order valence-corrected chi connectivity index (χ1v) is 12.0. The molecule has 5 rings (SSSR count). The van der Waals surface area contributed by atoms with Crippen LogP contribution in [0.3, 0.4) is 0 Å². The fraction of sp³-hybridized carbons (Fsp3) is 0.240. The van der Waals surface area contributed by atoms with Gasteiger partial charge in [0, 0.05) is 12.2 Å². The Morgan fingerprint density at radius 3 is 2.44 bits per heavy atom. The molecule has 3 aromatic rings. The quantitative estimate of drug-likeness (QED) is 0.611. The molecule has 32 heavy (non-hydrogen) atoms. The van der Waals surface area contributed by atoms with Gasteiger partial charge in [0.25, 0.3) is 15.9 Å². The highest BCUT2D eigenvalue weighted by atomic mass is 32.2. The number of carbonyl (C=O) groups is 1. The summed E-state index contributed by atoms with van der Waals surface area (Å²) in [6, 6.07) is 19.9. The molecule has 0 saturated heterocycles. The molecular weight excluding hydrogens is 424 g/mol. The molecule has 0 unspecified atom stereocenters. The van der Waals surface area contributed by atoms with Gasteiger partial charge in [0.2, 0.25) is 0 Å². The van der Waals surface area contributed by atoms with Crippen molar-refractivity contribution >= 4 is 27.3 Å². The molecule has 0 radical (unpaired) electrons. The number of anilines is 2.